The van der Waals surface area contributed by atoms with Gasteiger partial charge in [0.2, 0.25) is 5.91 Å². The van der Waals surface area contributed by atoms with Gasteiger partial charge in [0.05, 0.1) is 18.8 Å². The van der Waals surface area contributed by atoms with Gasteiger partial charge in [-0.3, -0.25) is 4.79 Å². The van der Waals surface area contributed by atoms with Gasteiger partial charge >= 0.3 is 0 Å². The second-order valence-electron chi connectivity index (χ2n) is 16.5. The Morgan fingerprint density at radius 3 is 1.06 bits per heavy atom. The number of aliphatic hydroxyl groups is 2. The third-order valence-corrected chi connectivity index (χ3v) is 11.3. The van der Waals surface area contributed by atoms with Crippen molar-refractivity contribution in [3.63, 3.8) is 0 Å². The highest BCUT2D eigenvalue weighted by Gasteiger charge is 2.20. The third kappa shape index (κ3) is 40.3. The highest BCUT2D eigenvalue weighted by molar-refractivity contribution is 5.76. The molecule has 0 aliphatic carbocycles. The first-order valence-electron chi connectivity index (χ1n) is 23.9. The standard InChI is InChI=1S/C48H95NO3/c1-3-5-7-9-11-13-15-16-17-18-19-20-21-22-23-24-25-26-27-28-29-30-31-32-34-36-38-40-42-44-48(52)49-46(45-50)47(51)43-41-39-37-35-33-14-12-10-8-6-4-2/h18-19,46-47,50-51H,3-17,20-45H2,1-2H3,(H,49,52)/b19-18-. The molecule has 3 N–H and O–H groups in total. The Labute approximate surface area is 327 Å². The molecule has 1 amide bonds. The van der Waals surface area contributed by atoms with Gasteiger partial charge in [0, 0.05) is 6.42 Å². The molecule has 0 aromatic rings. The number of hydrogen-bond donors (Lipinski definition) is 3. The Balaban J connectivity index is 3.39. The van der Waals surface area contributed by atoms with Crippen LogP contribution in [0.3, 0.4) is 0 Å². The molecule has 0 fully saturated rings. The van der Waals surface area contributed by atoms with Crippen LogP contribution in [0, 0.1) is 0 Å². The van der Waals surface area contributed by atoms with Gasteiger partial charge in [0.15, 0.2) is 0 Å². The first-order chi connectivity index (χ1) is 25.7. The van der Waals surface area contributed by atoms with Crippen LogP contribution in [-0.2, 0) is 4.79 Å². The molecule has 52 heavy (non-hydrogen) atoms. The Kier molecular flexibility index (Phi) is 43.8. The predicted octanol–water partition coefficient (Wildman–Crippen LogP) is 15.0. The van der Waals surface area contributed by atoms with Crippen LogP contribution in [0.15, 0.2) is 12.2 Å². The van der Waals surface area contributed by atoms with E-state index in [4.69, 9.17) is 0 Å². The second-order valence-corrected chi connectivity index (χ2v) is 16.5. The van der Waals surface area contributed by atoms with Crippen LogP contribution in [0.5, 0.6) is 0 Å². The van der Waals surface area contributed by atoms with Gasteiger partial charge in [-0.2, -0.15) is 0 Å². The number of rotatable bonds is 44. The number of amides is 1. The largest absolute Gasteiger partial charge is 0.394 e. The van der Waals surface area contributed by atoms with E-state index in [1.807, 2.05) is 0 Å². The number of unbranched alkanes of at least 4 members (excludes halogenated alkanes) is 35. The molecule has 2 atom stereocenters. The molecule has 0 rings (SSSR count). The third-order valence-electron chi connectivity index (χ3n) is 11.3. The maximum absolute atomic E-state index is 12.4. The van der Waals surface area contributed by atoms with E-state index in [9.17, 15) is 15.0 Å². The van der Waals surface area contributed by atoms with Crippen LogP contribution < -0.4 is 5.32 Å². The summed E-state index contributed by atoms with van der Waals surface area (Å²) >= 11 is 0. The van der Waals surface area contributed by atoms with Crippen molar-refractivity contribution in [3.8, 4) is 0 Å². The lowest BCUT2D eigenvalue weighted by molar-refractivity contribution is -0.123. The lowest BCUT2D eigenvalue weighted by Gasteiger charge is -2.22. The summed E-state index contributed by atoms with van der Waals surface area (Å²) in [6.07, 6.45) is 56.0. The van der Waals surface area contributed by atoms with Gasteiger partial charge in [-0.15, -0.1) is 0 Å². The lowest BCUT2D eigenvalue weighted by atomic mass is 10.0. The number of carbonyl (C=O) groups excluding carboxylic acids is 1. The van der Waals surface area contributed by atoms with Gasteiger partial charge in [-0.05, 0) is 38.5 Å². The number of nitrogens with one attached hydrogen (secondary N) is 1. The van der Waals surface area contributed by atoms with Crippen molar-refractivity contribution in [1.29, 1.82) is 0 Å². The summed E-state index contributed by atoms with van der Waals surface area (Å²) in [5.41, 5.74) is 0. The molecule has 2 unspecified atom stereocenters. The molecular formula is C48H95NO3. The Morgan fingerprint density at radius 1 is 0.442 bits per heavy atom. The molecule has 0 spiro atoms. The fraction of sp³-hybridized carbons (Fsp3) is 0.938. The van der Waals surface area contributed by atoms with E-state index in [1.165, 1.54) is 218 Å². The monoisotopic (exact) mass is 734 g/mol. The Hall–Kier alpha value is -0.870. The van der Waals surface area contributed by atoms with Crippen LogP contribution in [-0.4, -0.2) is 34.9 Å². The van der Waals surface area contributed by atoms with Gasteiger partial charge < -0.3 is 15.5 Å². The van der Waals surface area contributed by atoms with E-state index in [0.717, 1.165) is 25.7 Å². The summed E-state index contributed by atoms with van der Waals surface area (Å²) in [5, 5.41) is 23.1. The minimum atomic E-state index is -0.653. The molecule has 0 aromatic heterocycles. The highest BCUT2D eigenvalue weighted by atomic mass is 16.3. The normalized spacial score (nSPS) is 12.9. The van der Waals surface area contributed by atoms with E-state index < -0.39 is 12.1 Å². The number of hydrogen-bond acceptors (Lipinski definition) is 3. The maximum atomic E-state index is 12.4. The lowest BCUT2D eigenvalue weighted by Crippen LogP contribution is -2.45. The first kappa shape index (κ1) is 51.1. The zero-order valence-corrected chi connectivity index (χ0v) is 35.6. The van der Waals surface area contributed by atoms with Crippen LogP contribution in [0.25, 0.3) is 0 Å². The van der Waals surface area contributed by atoms with Gasteiger partial charge in [-0.1, -0.05) is 238 Å². The van der Waals surface area contributed by atoms with E-state index in [0.29, 0.717) is 12.8 Å². The minimum Gasteiger partial charge on any atom is -0.394 e. The number of carbonyl (C=O) groups is 1. The van der Waals surface area contributed by atoms with Crippen molar-refractivity contribution in [2.24, 2.45) is 0 Å². The summed E-state index contributed by atoms with van der Waals surface area (Å²) in [6, 6.07) is -0.530. The Morgan fingerprint density at radius 2 is 0.731 bits per heavy atom. The average molecular weight is 734 g/mol. The molecule has 0 aliphatic heterocycles. The zero-order valence-electron chi connectivity index (χ0n) is 35.6. The van der Waals surface area contributed by atoms with Crippen molar-refractivity contribution >= 4 is 5.91 Å². The SMILES string of the molecule is CCCCCCCCCC/C=C\CCCCCCCCCCCCCCCCCCCC(=O)NC(CO)C(O)CCCCCCCCCCCCC. The maximum Gasteiger partial charge on any atom is 0.220 e. The molecule has 4 nitrogen and oxygen atoms in total. The summed E-state index contributed by atoms with van der Waals surface area (Å²) in [5.74, 6) is -0.0280. The summed E-state index contributed by atoms with van der Waals surface area (Å²) < 4.78 is 0. The average Bonchev–Trinajstić information content (AvgIpc) is 3.15. The molecule has 0 aromatic carbocycles. The predicted molar refractivity (Wildman–Crippen MR) is 230 cm³/mol. The van der Waals surface area contributed by atoms with Crippen LogP contribution in [0.4, 0.5) is 0 Å². The van der Waals surface area contributed by atoms with E-state index >= 15 is 0 Å². The summed E-state index contributed by atoms with van der Waals surface area (Å²) in [7, 11) is 0. The number of aliphatic hydroxyl groups excluding tert-OH is 2. The van der Waals surface area contributed by atoms with Crippen LogP contribution in [0.2, 0.25) is 0 Å². The van der Waals surface area contributed by atoms with Gasteiger partial charge in [0.1, 0.15) is 0 Å². The summed E-state index contributed by atoms with van der Waals surface area (Å²) in [6.45, 7) is 4.36. The fourth-order valence-corrected chi connectivity index (χ4v) is 7.59. The quantitative estimate of drug-likeness (QED) is 0.0431. The smallest absolute Gasteiger partial charge is 0.220 e. The van der Waals surface area contributed by atoms with Crippen LogP contribution in [0.1, 0.15) is 271 Å². The van der Waals surface area contributed by atoms with Crippen molar-refractivity contribution in [2.45, 2.75) is 283 Å². The van der Waals surface area contributed by atoms with Gasteiger partial charge in [0.25, 0.3) is 0 Å². The molecule has 0 saturated heterocycles. The highest BCUT2D eigenvalue weighted by Crippen LogP contribution is 2.17. The fourth-order valence-electron chi connectivity index (χ4n) is 7.59. The van der Waals surface area contributed by atoms with E-state index in [-0.39, 0.29) is 12.5 Å². The molecule has 0 radical (unpaired) electrons. The molecular weight excluding hydrogens is 639 g/mol. The zero-order chi connectivity index (χ0) is 37.8. The van der Waals surface area contributed by atoms with Gasteiger partial charge in [-0.25, -0.2) is 0 Å². The second kappa shape index (κ2) is 44.5. The molecule has 0 heterocycles. The van der Waals surface area contributed by atoms with Crippen LogP contribution >= 0.6 is 0 Å². The Bertz CT molecular complexity index is 710. The topological polar surface area (TPSA) is 69.6 Å². The molecule has 4 heteroatoms. The van der Waals surface area contributed by atoms with Crippen molar-refractivity contribution in [3.05, 3.63) is 12.2 Å². The molecule has 0 aliphatic rings. The van der Waals surface area contributed by atoms with E-state index in [2.05, 4.69) is 31.3 Å². The van der Waals surface area contributed by atoms with E-state index in [1.54, 1.807) is 0 Å². The first-order valence-corrected chi connectivity index (χ1v) is 23.9. The summed E-state index contributed by atoms with van der Waals surface area (Å²) in [4.78, 5) is 12.4. The van der Waals surface area contributed by atoms with Crippen molar-refractivity contribution in [2.75, 3.05) is 6.61 Å². The minimum absolute atomic E-state index is 0.0280. The van der Waals surface area contributed by atoms with Crippen molar-refractivity contribution < 1.29 is 15.0 Å². The molecule has 0 saturated carbocycles. The molecule has 310 valence electrons. The number of allylic oxidation sites excluding steroid dienone is 2. The van der Waals surface area contributed by atoms with Crippen molar-refractivity contribution in [1.82, 2.24) is 5.32 Å². The molecule has 0 bridgehead atoms.